The van der Waals surface area contributed by atoms with Gasteiger partial charge in [-0.2, -0.15) is 0 Å². The number of methoxy groups -OCH3 is 1. The summed E-state index contributed by atoms with van der Waals surface area (Å²) in [4.78, 5) is 24.7. The highest BCUT2D eigenvalue weighted by Gasteiger charge is 2.28. The van der Waals surface area contributed by atoms with E-state index in [4.69, 9.17) is 14.6 Å². The molecule has 1 saturated heterocycles. The monoisotopic (exact) mass is 335 g/mol. The summed E-state index contributed by atoms with van der Waals surface area (Å²) in [5.74, 6) is -0.129. The van der Waals surface area contributed by atoms with Gasteiger partial charge >= 0.3 is 5.97 Å². The Hall–Kier alpha value is -2.08. The second-order valence-corrected chi connectivity index (χ2v) is 5.95. The van der Waals surface area contributed by atoms with Crippen molar-refractivity contribution in [1.82, 2.24) is 4.90 Å². The summed E-state index contributed by atoms with van der Waals surface area (Å²) < 4.78 is 10.3. The van der Waals surface area contributed by atoms with Gasteiger partial charge in [0.15, 0.2) is 6.10 Å². The largest absolute Gasteiger partial charge is 0.497 e. The van der Waals surface area contributed by atoms with Crippen molar-refractivity contribution in [2.75, 3.05) is 26.8 Å². The van der Waals surface area contributed by atoms with Gasteiger partial charge in [0.1, 0.15) is 5.75 Å². The maximum Gasteiger partial charge on any atom is 0.334 e. The molecule has 1 N–H and O–H groups in total. The number of benzene rings is 1. The lowest BCUT2D eigenvalue weighted by Gasteiger charge is -2.30. The number of carboxylic acids is 1. The maximum absolute atomic E-state index is 12.1. The number of amides is 1. The highest BCUT2D eigenvalue weighted by Crippen LogP contribution is 2.15. The minimum atomic E-state index is -1.01. The van der Waals surface area contributed by atoms with Crippen LogP contribution < -0.4 is 4.74 Å². The highest BCUT2D eigenvalue weighted by molar-refractivity contribution is 5.78. The van der Waals surface area contributed by atoms with Crippen molar-refractivity contribution < 1.29 is 24.2 Å². The zero-order valence-corrected chi connectivity index (χ0v) is 14.1. The molecule has 1 aromatic rings. The van der Waals surface area contributed by atoms with Gasteiger partial charge in [-0.15, -0.1) is 0 Å². The van der Waals surface area contributed by atoms with Gasteiger partial charge in [0.25, 0.3) is 0 Å². The number of carbonyl (C=O) groups excluding carboxylic acids is 1. The zero-order chi connectivity index (χ0) is 17.4. The molecule has 6 heteroatoms. The minimum Gasteiger partial charge on any atom is -0.497 e. The Morgan fingerprint density at radius 2 is 2.00 bits per heavy atom. The van der Waals surface area contributed by atoms with E-state index in [1.54, 1.807) is 12.0 Å². The molecule has 1 amide bonds. The van der Waals surface area contributed by atoms with Crippen molar-refractivity contribution in [2.45, 2.75) is 38.2 Å². The summed E-state index contributed by atoms with van der Waals surface area (Å²) in [6.07, 6.45) is 3.39. The van der Waals surface area contributed by atoms with E-state index in [0.29, 0.717) is 19.6 Å². The van der Waals surface area contributed by atoms with Crippen LogP contribution in [0.2, 0.25) is 0 Å². The topological polar surface area (TPSA) is 76.1 Å². The van der Waals surface area contributed by atoms with Gasteiger partial charge < -0.3 is 19.5 Å². The molecule has 0 spiro atoms. The number of carbonyl (C=O) groups is 2. The average Bonchev–Trinajstić information content (AvgIpc) is 2.62. The Labute approximate surface area is 142 Å². The number of hydrogen-bond acceptors (Lipinski definition) is 4. The van der Waals surface area contributed by atoms with Crippen LogP contribution in [0.1, 0.15) is 31.2 Å². The predicted molar refractivity (Wildman–Crippen MR) is 89.1 cm³/mol. The first-order valence-corrected chi connectivity index (χ1v) is 8.35. The third-order valence-corrected chi connectivity index (χ3v) is 4.21. The summed E-state index contributed by atoms with van der Waals surface area (Å²) in [6, 6.07) is 8.03. The number of carboxylic acid groups (broad SMARTS) is 1. The van der Waals surface area contributed by atoms with Gasteiger partial charge in [-0.1, -0.05) is 18.6 Å². The van der Waals surface area contributed by atoms with Crippen molar-refractivity contribution >= 4 is 11.9 Å². The molecule has 0 radical (unpaired) electrons. The second kappa shape index (κ2) is 9.27. The van der Waals surface area contributed by atoms with Gasteiger partial charge in [-0.3, -0.25) is 4.79 Å². The molecule has 0 aliphatic carbocycles. The van der Waals surface area contributed by atoms with Crippen LogP contribution in [0.25, 0.3) is 0 Å². The number of aryl methyl sites for hydroxylation is 1. The summed E-state index contributed by atoms with van der Waals surface area (Å²) in [6.45, 7) is 0.925. The van der Waals surface area contributed by atoms with Crippen LogP contribution in [-0.4, -0.2) is 54.8 Å². The van der Waals surface area contributed by atoms with Crippen molar-refractivity contribution in [3.8, 4) is 5.75 Å². The molecule has 0 aromatic heterocycles. The van der Waals surface area contributed by atoms with Crippen LogP contribution in [0.4, 0.5) is 0 Å². The molecule has 1 fully saturated rings. The van der Waals surface area contributed by atoms with E-state index in [0.717, 1.165) is 31.4 Å². The Bertz CT molecular complexity index is 543. The zero-order valence-electron chi connectivity index (χ0n) is 14.1. The Morgan fingerprint density at radius 3 is 2.67 bits per heavy atom. The molecule has 1 atom stereocenters. The number of morpholine rings is 1. The van der Waals surface area contributed by atoms with Crippen LogP contribution in [0.3, 0.4) is 0 Å². The number of aliphatic carboxylic acids is 1. The second-order valence-electron chi connectivity index (χ2n) is 5.95. The van der Waals surface area contributed by atoms with Crippen LogP contribution in [0.15, 0.2) is 24.3 Å². The van der Waals surface area contributed by atoms with E-state index in [-0.39, 0.29) is 12.5 Å². The van der Waals surface area contributed by atoms with Crippen LogP contribution in [-0.2, 0) is 20.7 Å². The van der Waals surface area contributed by atoms with Gasteiger partial charge in [-0.25, -0.2) is 4.79 Å². The molecule has 0 bridgehead atoms. The lowest BCUT2D eigenvalue weighted by molar-refractivity contribution is -0.159. The number of ether oxygens (including phenoxy) is 2. The average molecular weight is 335 g/mol. The van der Waals surface area contributed by atoms with E-state index in [1.807, 2.05) is 12.1 Å². The number of hydrogen-bond donors (Lipinski definition) is 1. The van der Waals surface area contributed by atoms with Crippen molar-refractivity contribution in [3.63, 3.8) is 0 Å². The van der Waals surface area contributed by atoms with Crippen LogP contribution in [0.5, 0.6) is 5.75 Å². The number of rotatable bonds is 8. The van der Waals surface area contributed by atoms with Crippen molar-refractivity contribution in [3.05, 3.63) is 29.8 Å². The third kappa shape index (κ3) is 5.53. The Kier molecular flexibility index (Phi) is 7.06. The number of nitrogens with zero attached hydrogens (tertiary/aromatic N) is 1. The third-order valence-electron chi connectivity index (χ3n) is 4.21. The van der Waals surface area contributed by atoms with Crippen molar-refractivity contribution in [2.24, 2.45) is 0 Å². The van der Waals surface area contributed by atoms with E-state index in [9.17, 15) is 9.59 Å². The van der Waals surface area contributed by atoms with E-state index in [1.165, 1.54) is 5.56 Å². The van der Waals surface area contributed by atoms with E-state index >= 15 is 0 Å². The first-order chi connectivity index (χ1) is 11.6. The standard InChI is InChI=1S/C18H25NO5/c1-23-15-9-7-14(8-10-15)5-3-2-4-6-17(20)19-11-12-24-16(13-19)18(21)22/h7-10,16H,2-6,11-13H2,1H3,(H,21,22). The highest BCUT2D eigenvalue weighted by atomic mass is 16.5. The van der Waals surface area contributed by atoms with Crippen molar-refractivity contribution in [1.29, 1.82) is 0 Å². The maximum atomic E-state index is 12.1. The molecule has 1 unspecified atom stereocenters. The van der Waals surface area contributed by atoms with Gasteiger partial charge in [0.2, 0.25) is 5.91 Å². The van der Waals surface area contributed by atoms with E-state index in [2.05, 4.69) is 12.1 Å². The first-order valence-electron chi connectivity index (χ1n) is 8.35. The molecule has 2 rings (SSSR count). The van der Waals surface area contributed by atoms with Crippen LogP contribution >= 0.6 is 0 Å². The fourth-order valence-corrected chi connectivity index (χ4v) is 2.76. The SMILES string of the molecule is COc1ccc(CCCCCC(=O)N2CCOC(C(=O)O)C2)cc1. The molecule has 1 aliphatic rings. The summed E-state index contributed by atoms with van der Waals surface area (Å²) in [5, 5.41) is 8.95. The molecule has 1 heterocycles. The van der Waals surface area contributed by atoms with Gasteiger partial charge in [-0.05, 0) is 37.0 Å². The fraction of sp³-hybridized carbons (Fsp3) is 0.556. The molecular formula is C18H25NO5. The quantitative estimate of drug-likeness (QED) is 0.736. The molecule has 24 heavy (non-hydrogen) atoms. The van der Waals surface area contributed by atoms with Gasteiger partial charge in [0.05, 0.1) is 20.3 Å². The molecule has 1 aromatic carbocycles. The molecule has 1 aliphatic heterocycles. The smallest absolute Gasteiger partial charge is 0.334 e. The summed E-state index contributed by atoms with van der Waals surface area (Å²) in [5.41, 5.74) is 1.26. The molecule has 0 saturated carbocycles. The lowest BCUT2D eigenvalue weighted by Crippen LogP contribution is -2.48. The summed E-state index contributed by atoms with van der Waals surface area (Å²) in [7, 11) is 1.65. The van der Waals surface area contributed by atoms with Crippen LogP contribution in [0, 0.1) is 0 Å². The lowest BCUT2D eigenvalue weighted by atomic mass is 10.1. The fourth-order valence-electron chi connectivity index (χ4n) is 2.76. The molecule has 6 nitrogen and oxygen atoms in total. The molecule has 132 valence electrons. The predicted octanol–water partition coefficient (Wildman–Crippen LogP) is 2.11. The summed E-state index contributed by atoms with van der Waals surface area (Å²) >= 11 is 0. The van der Waals surface area contributed by atoms with Gasteiger partial charge in [0, 0.05) is 13.0 Å². The number of unbranched alkanes of at least 4 members (excludes halogenated alkanes) is 2. The normalized spacial score (nSPS) is 17.5. The first kappa shape index (κ1) is 18.3. The minimum absolute atomic E-state index is 0.0222. The Balaban J connectivity index is 1.62. The van der Waals surface area contributed by atoms with E-state index < -0.39 is 12.1 Å². The Morgan fingerprint density at radius 1 is 1.25 bits per heavy atom. The molecular weight excluding hydrogens is 310 g/mol.